The zero-order valence-corrected chi connectivity index (χ0v) is 15.7. The van der Waals surface area contributed by atoms with Gasteiger partial charge in [-0.25, -0.2) is 8.42 Å². The lowest BCUT2D eigenvalue weighted by atomic mass is 10.2. The maximum atomic E-state index is 13.1. The van der Waals surface area contributed by atoms with Crippen LogP contribution in [0.2, 0.25) is 0 Å². The molecule has 1 aromatic rings. The Morgan fingerprint density at radius 3 is 2.50 bits per heavy atom. The van der Waals surface area contributed by atoms with Gasteiger partial charge in [0.25, 0.3) is 5.91 Å². The Labute approximate surface area is 154 Å². The van der Waals surface area contributed by atoms with E-state index < -0.39 is 15.9 Å². The number of nitrogens with zero attached hydrogens (tertiary/aromatic N) is 1. The average molecular weight is 380 g/mol. The van der Waals surface area contributed by atoms with Crippen molar-refractivity contribution in [3.63, 3.8) is 0 Å². The highest BCUT2D eigenvalue weighted by molar-refractivity contribution is 7.89. The summed E-state index contributed by atoms with van der Waals surface area (Å²) in [5, 5.41) is 2.67. The molecule has 0 bridgehead atoms. The minimum absolute atomic E-state index is 0.0775. The van der Waals surface area contributed by atoms with Crippen LogP contribution in [-0.4, -0.2) is 44.9 Å². The first-order valence-electron chi connectivity index (χ1n) is 8.85. The number of carbonyl (C=O) groups excluding carboxylic acids is 1. The number of ether oxygens (including phenoxy) is 2. The number of amides is 1. The van der Waals surface area contributed by atoms with Crippen molar-refractivity contribution in [3.05, 3.63) is 35.8 Å². The highest BCUT2D eigenvalue weighted by Gasteiger charge is 2.27. The Kier molecular flexibility index (Phi) is 5.83. The summed E-state index contributed by atoms with van der Waals surface area (Å²) in [6, 6.07) is 4.89. The van der Waals surface area contributed by atoms with Gasteiger partial charge in [0.05, 0.1) is 4.90 Å². The van der Waals surface area contributed by atoms with E-state index in [2.05, 4.69) is 5.32 Å². The van der Waals surface area contributed by atoms with Crippen LogP contribution in [0.5, 0.6) is 0 Å². The Balaban J connectivity index is 1.82. The lowest BCUT2D eigenvalue weighted by Gasteiger charge is -2.21. The molecule has 7 nitrogen and oxygen atoms in total. The quantitative estimate of drug-likeness (QED) is 0.867. The van der Waals surface area contributed by atoms with E-state index in [1.807, 2.05) is 0 Å². The van der Waals surface area contributed by atoms with Crippen molar-refractivity contribution < 1.29 is 22.7 Å². The number of benzene rings is 1. The second kappa shape index (κ2) is 8.09. The molecule has 0 spiro atoms. The van der Waals surface area contributed by atoms with Crippen LogP contribution in [0.15, 0.2) is 35.1 Å². The second-order valence-electron chi connectivity index (χ2n) is 6.45. The summed E-state index contributed by atoms with van der Waals surface area (Å²) in [6.45, 7) is 3.55. The lowest BCUT2D eigenvalue weighted by molar-refractivity contribution is -0.117. The second-order valence-corrected chi connectivity index (χ2v) is 8.36. The molecule has 1 amide bonds. The van der Waals surface area contributed by atoms with Crippen LogP contribution in [0.4, 0.5) is 5.69 Å². The first kappa shape index (κ1) is 18.7. The molecule has 2 aliphatic heterocycles. The van der Waals surface area contributed by atoms with Crippen LogP contribution >= 0.6 is 0 Å². The first-order valence-corrected chi connectivity index (χ1v) is 10.3. The van der Waals surface area contributed by atoms with Crippen molar-refractivity contribution in [2.24, 2.45) is 0 Å². The number of rotatable bonds is 4. The summed E-state index contributed by atoms with van der Waals surface area (Å²) in [7, 11) is -3.59. The zero-order chi connectivity index (χ0) is 18.6. The third-order valence-electron chi connectivity index (χ3n) is 4.50. The van der Waals surface area contributed by atoms with Gasteiger partial charge in [0.1, 0.15) is 19.5 Å². The molecule has 3 rings (SSSR count). The van der Waals surface area contributed by atoms with Gasteiger partial charge in [0, 0.05) is 18.8 Å². The molecule has 1 fully saturated rings. The topological polar surface area (TPSA) is 84.9 Å². The Morgan fingerprint density at radius 1 is 1.12 bits per heavy atom. The summed E-state index contributed by atoms with van der Waals surface area (Å²) in [5.41, 5.74) is 1.06. The van der Waals surface area contributed by atoms with E-state index in [-0.39, 0.29) is 10.7 Å². The third kappa shape index (κ3) is 4.19. The fraction of sp³-hybridized carbons (Fsp3) is 0.500. The van der Waals surface area contributed by atoms with Crippen LogP contribution in [0.1, 0.15) is 31.2 Å². The molecule has 0 saturated carbocycles. The molecule has 0 aliphatic carbocycles. The van der Waals surface area contributed by atoms with Gasteiger partial charge in [-0.2, -0.15) is 4.31 Å². The SMILES string of the molecule is Cc1ccc(NC(=O)C2=COCCO2)cc1S(=O)(=O)N1CCCCCC1. The highest BCUT2D eigenvalue weighted by atomic mass is 32.2. The molecule has 26 heavy (non-hydrogen) atoms. The van der Waals surface area contributed by atoms with Gasteiger partial charge >= 0.3 is 0 Å². The first-order chi connectivity index (χ1) is 12.5. The molecule has 0 aromatic heterocycles. The molecule has 2 heterocycles. The Morgan fingerprint density at radius 2 is 1.85 bits per heavy atom. The Bertz CT molecular complexity index is 796. The molecule has 1 saturated heterocycles. The van der Waals surface area contributed by atoms with E-state index in [1.54, 1.807) is 23.4 Å². The van der Waals surface area contributed by atoms with Gasteiger partial charge in [-0.1, -0.05) is 18.9 Å². The van der Waals surface area contributed by atoms with E-state index in [0.29, 0.717) is 37.6 Å². The number of hydrogen-bond acceptors (Lipinski definition) is 5. The van der Waals surface area contributed by atoms with Crippen molar-refractivity contribution in [2.75, 3.05) is 31.6 Å². The smallest absolute Gasteiger partial charge is 0.294 e. The lowest BCUT2D eigenvalue weighted by Crippen LogP contribution is -2.32. The predicted molar refractivity (Wildman–Crippen MR) is 97.0 cm³/mol. The summed E-state index contributed by atoms with van der Waals surface area (Å²) in [6.07, 6.45) is 5.12. The number of hydrogen-bond donors (Lipinski definition) is 1. The zero-order valence-electron chi connectivity index (χ0n) is 14.9. The van der Waals surface area contributed by atoms with Crippen molar-refractivity contribution >= 4 is 21.6 Å². The summed E-state index contributed by atoms with van der Waals surface area (Å²) < 4.78 is 38.0. The Hall–Kier alpha value is -2.06. The molecule has 0 unspecified atom stereocenters. The fourth-order valence-corrected chi connectivity index (χ4v) is 4.82. The minimum Gasteiger partial charge on any atom is -0.494 e. The van der Waals surface area contributed by atoms with Crippen molar-refractivity contribution in [1.29, 1.82) is 0 Å². The molecule has 2 aliphatic rings. The van der Waals surface area contributed by atoms with E-state index in [9.17, 15) is 13.2 Å². The standard InChI is InChI=1S/C18H24N2O5S/c1-14-6-7-15(19-18(21)16-13-24-10-11-25-16)12-17(14)26(22,23)20-8-4-2-3-5-9-20/h6-7,12-13H,2-5,8-11H2,1H3,(H,19,21). The number of sulfonamides is 1. The van der Waals surface area contributed by atoms with Crippen molar-refractivity contribution in [3.8, 4) is 0 Å². The fourth-order valence-electron chi connectivity index (χ4n) is 3.06. The summed E-state index contributed by atoms with van der Waals surface area (Å²) in [4.78, 5) is 12.4. The minimum atomic E-state index is -3.59. The van der Waals surface area contributed by atoms with Gasteiger partial charge in [0.2, 0.25) is 15.8 Å². The molecular weight excluding hydrogens is 356 g/mol. The number of carbonyl (C=O) groups is 1. The van der Waals surface area contributed by atoms with Gasteiger partial charge in [-0.05, 0) is 37.5 Å². The van der Waals surface area contributed by atoms with Crippen LogP contribution in [0, 0.1) is 6.92 Å². The van der Waals surface area contributed by atoms with Gasteiger partial charge in [-0.3, -0.25) is 4.79 Å². The average Bonchev–Trinajstić information content (AvgIpc) is 2.94. The number of anilines is 1. The summed E-state index contributed by atoms with van der Waals surface area (Å²) in [5.74, 6) is -0.388. The van der Waals surface area contributed by atoms with Crippen LogP contribution in [0.25, 0.3) is 0 Å². The summed E-state index contributed by atoms with van der Waals surface area (Å²) >= 11 is 0. The molecule has 1 aromatic carbocycles. The molecule has 0 radical (unpaired) electrons. The number of aryl methyl sites for hydroxylation is 1. The van der Waals surface area contributed by atoms with E-state index in [4.69, 9.17) is 9.47 Å². The third-order valence-corrected chi connectivity index (χ3v) is 6.54. The van der Waals surface area contributed by atoms with Crippen LogP contribution in [-0.2, 0) is 24.3 Å². The van der Waals surface area contributed by atoms with Crippen LogP contribution < -0.4 is 5.32 Å². The monoisotopic (exact) mass is 380 g/mol. The molecule has 8 heteroatoms. The molecule has 0 atom stereocenters. The number of nitrogens with one attached hydrogen (secondary N) is 1. The van der Waals surface area contributed by atoms with E-state index in [1.165, 1.54) is 12.3 Å². The predicted octanol–water partition coefficient (Wildman–Crippen LogP) is 2.39. The van der Waals surface area contributed by atoms with Gasteiger partial charge in [-0.15, -0.1) is 0 Å². The largest absolute Gasteiger partial charge is 0.494 e. The van der Waals surface area contributed by atoms with Gasteiger partial charge in [0.15, 0.2) is 0 Å². The molecular formula is C18H24N2O5S. The molecule has 1 N–H and O–H groups in total. The van der Waals surface area contributed by atoms with Crippen molar-refractivity contribution in [1.82, 2.24) is 4.31 Å². The normalized spacial score (nSPS) is 18.9. The molecule has 142 valence electrons. The van der Waals surface area contributed by atoms with E-state index in [0.717, 1.165) is 25.7 Å². The maximum Gasteiger partial charge on any atom is 0.294 e. The van der Waals surface area contributed by atoms with Crippen molar-refractivity contribution in [2.45, 2.75) is 37.5 Å². The van der Waals surface area contributed by atoms with Crippen LogP contribution in [0.3, 0.4) is 0 Å². The highest BCUT2D eigenvalue weighted by Crippen LogP contribution is 2.26. The maximum absolute atomic E-state index is 13.1. The van der Waals surface area contributed by atoms with Gasteiger partial charge < -0.3 is 14.8 Å². The van der Waals surface area contributed by atoms with E-state index >= 15 is 0 Å².